The molecule has 0 saturated carbocycles. The summed E-state index contributed by atoms with van der Waals surface area (Å²) in [6.45, 7) is 2.07. The van der Waals surface area contributed by atoms with Crippen molar-refractivity contribution < 1.29 is 9.53 Å². The minimum absolute atomic E-state index is 0.322. The molecule has 0 amide bonds. The Morgan fingerprint density at radius 3 is 2.81 bits per heavy atom. The summed E-state index contributed by atoms with van der Waals surface area (Å²) in [7, 11) is 0. The SMILES string of the molecule is CCOC(=O)c1cc(S)c(C#N)cc1CBr. The summed E-state index contributed by atoms with van der Waals surface area (Å²) >= 11 is 7.42. The third-order valence-electron chi connectivity index (χ3n) is 1.98. The smallest absolute Gasteiger partial charge is 0.338 e. The number of nitrogens with zero attached hydrogens (tertiary/aromatic N) is 1. The molecule has 0 bridgehead atoms. The van der Waals surface area contributed by atoms with E-state index in [1.54, 1.807) is 19.1 Å². The van der Waals surface area contributed by atoms with E-state index in [2.05, 4.69) is 28.6 Å². The van der Waals surface area contributed by atoms with Crippen molar-refractivity contribution in [1.29, 1.82) is 5.26 Å². The molecule has 0 atom stereocenters. The number of thiol groups is 1. The van der Waals surface area contributed by atoms with E-state index in [0.29, 0.717) is 28.0 Å². The Kier molecular flexibility index (Phi) is 4.84. The number of nitriles is 1. The number of benzene rings is 1. The first kappa shape index (κ1) is 13.1. The third-order valence-corrected chi connectivity index (χ3v) is 2.96. The predicted octanol–water partition coefficient (Wildman–Crippen LogP) is 2.92. The van der Waals surface area contributed by atoms with E-state index in [9.17, 15) is 4.79 Å². The van der Waals surface area contributed by atoms with Crippen molar-refractivity contribution in [3.05, 3.63) is 28.8 Å². The quantitative estimate of drug-likeness (QED) is 0.530. The molecule has 0 aliphatic rings. The van der Waals surface area contributed by atoms with E-state index < -0.39 is 5.97 Å². The number of rotatable bonds is 3. The zero-order valence-electron chi connectivity index (χ0n) is 8.66. The highest BCUT2D eigenvalue weighted by Gasteiger charge is 2.14. The van der Waals surface area contributed by atoms with Crippen LogP contribution >= 0.6 is 28.6 Å². The molecule has 0 aliphatic carbocycles. The van der Waals surface area contributed by atoms with E-state index in [-0.39, 0.29) is 0 Å². The summed E-state index contributed by atoms with van der Waals surface area (Å²) in [4.78, 5) is 12.1. The van der Waals surface area contributed by atoms with Gasteiger partial charge in [-0.15, -0.1) is 12.6 Å². The average Bonchev–Trinajstić information content (AvgIpc) is 2.29. The first-order chi connectivity index (χ1) is 7.63. The highest BCUT2D eigenvalue weighted by atomic mass is 79.9. The Balaban J connectivity index is 3.24. The van der Waals surface area contributed by atoms with Gasteiger partial charge in [0.1, 0.15) is 6.07 Å². The lowest BCUT2D eigenvalue weighted by Crippen LogP contribution is -2.08. The maximum absolute atomic E-state index is 11.6. The number of hydrogen-bond acceptors (Lipinski definition) is 4. The van der Waals surface area contributed by atoms with Crippen LogP contribution in [0.15, 0.2) is 17.0 Å². The first-order valence-electron chi connectivity index (χ1n) is 4.63. The van der Waals surface area contributed by atoms with Crippen LogP contribution in [0.25, 0.3) is 0 Å². The molecule has 0 saturated heterocycles. The van der Waals surface area contributed by atoms with Crippen molar-refractivity contribution in [3.63, 3.8) is 0 Å². The van der Waals surface area contributed by atoms with Gasteiger partial charge < -0.3 is 4.74 Å². The third kappa shape index (κ3) is 2.77. The molecule has 1 rings (SSSR count). The van der Waals surface area contributed by atoms with E-state index in [0.717, 1.165) is 5.56 Å². The van der Waals surface area contributed by atoms with Crippen LogP contribution in [-0.2, 0) is 10.1 Å². The number of carbonyl (C=O) groups is 1. The largest absolute Gasteiger partial charge is 0.462 e. The fourth-order valence-electron chi connectivity index (χ4n) is 1.23. The number of ether oxygens (including phenoxy) is 1. The highest BCUT2D eigenvalue weighted by Crippen LogP contribution is 2.22. The molecule has 0 aromatic heterocycles. The van der Waals surface area contributed by atoms with Crippen molar-refractivity contribution in [1.82, 2.24) is 0 Å². The second kappa shape index (κ2) is 5.92. The van der Waals surface area contributed by atoms with E-state index in [1.807, 2.05) is 6.07 Å². The summed E-state index contributed by atoms with van der Waals surface area (Å²) in [5.41, 5.74) is 1.63. The molecule has 0 fully saturated rings. The van der Waals surface area contributed by atoms with Gasteiger partial charge in [-0.05, 0) is 24.6 Å². The minimum atomic E-state index is -0.392. The normalized spacial score (nSPS) is 9.62. The maximum atomic E-state index is 11.6. The molecule has 84 valence electrons. The Morgan fingerprint density at radius 2 is 2.31 bits per heavy atom. The summed E-state index contributed by atoms with van der Waals surface area (Å²) in [5, 5.41) is 9.33. The van der Waals surface area contributed by atoms with Crippen molar-refractivity contribution in [2.24, 2.45) is 0 Å². The molecular weight excluding hydrogens is 290 g/mol. The van der Waals surface area contributed by atoms with Crippen LogP contribution in [0.4, 0.5) is 0 Å². The molecule has 3 nitrogen and oxygen atoms in total. The van der Waals surface area contributed by atoms with Gasteiger partial charge in [0.15, 0.2) is 0 Å². The van der Waals surface area contributed by atoms with Gasteiger partial charge in [0.2, 0.25) is 0 Å². The molecular formula is C11H10BrNO2S. The van der Waals surface area contributed by atoms with Crippen LogP contribution < -0.4 is 0 Å². The summed E-state index contributed by atoms with van der Waals surface area (Å²) < 4.78 is 4.92. The second-order valence-corrected chi connectivity index (χ2v) is 4.03. The standard InChI is InChI=1S/C11H10BrNO2S/c1-2-15-11(14)9-4-10(16)8(6-13)3-7(9)5-12/h3-4,16H,2,5H2,1H3. The van der Waals surface area contributed by atoms with E-state index >= 15 is 0 Å². The van der Waals surface area contributed by atoms with Gasteiger partial charge in [0, 0.05) is 10.2 Å². The number of hydrogen-bond donors (Lipinski definition) is 1. The van der Waals surface area contributed by atoms with Crippen LogP contribution in [0.5, 0.6) is 0 Å². The van der Waals surface area contributed by atoms with Crippen molar-refractivity contribution >= 4 is 34.5 Å². The number of halogens is 1. The van der Waals surface area contributed by atoms with Crippen molar-refractivity contribution in [2.45, 2.75) is 17.1 Å². The zero-order valence-corrected chi connectivity index (χ0v) is 11.1. The van der Waals surface area contributed by atoms with Crippen molar-refractivity contribution in [3.8, 4) is 6.07 Å². The Labute approximate surface area is 108 Å². The van der Waals surface area contributed by atoms with Gasteiger partial charge >= 0.3 is 5.97 Å². The Morgan fingerprint density at radius 1 is 1.62 bits per heavy atom. The highest BCUT2D eigenvalue weighted by molar-refractivity contribution is 9.08. The molecule has 0 spiro atoms. The first-order valence-corrected chi connectivity index (χ1v) is 6.20. The molecule has 1 aromatic carbocycles. The van der Waals surface area contributed by atoms with Crippen LogP contribution in [0, 0.1) is 11.3 Å². The lowest BCUT2D eigenvalue weighted by Gasteiger charge is -2.08. The zero-order chi connectivity index (χ0) is 12.1. The van der Waals surface area contributed by atoms with Crippen LogP contribution in [0.2, 0.25) is 0 Å². The number of alkyl halides is 1. The summed E-state index contributed by atoms with van der Waals surface area (Å²) in [6, 6.07) is 5.23. The molecule has 0 N–H and O–H groups in total. The van der Waals surface area contributed by atoms with Gasteiger partial charge in [-0.25, -0.2) is 4.79 Å². The minimum Gasteiger partial charge on any atom is -0.462 e. The molecule has 0 aliphatic heterocycles. The average molecular weight is 300 g/mol. The molecule has 1 aromatic rings. The lowest BCUT2D eigenvalue weighted by atomic mass is 10.1. The Bertz CT molecular complexity index is 454. The van der Waals surface area contributed by atoms with Crippen LogP contribution in [0.1, 0.15) is 28.4 Å². The fourth-order valence-corrected chi connectivity index (χ4v) is 1.94. The van der Waals surface area contributed by atoms with Crippen molar-refractivity contribution in [2.75, 3.05) is 6.61 Å². The van der Waals surface area contributed by atoms with E-state index in [1.165, 1.54) is 0 Å². The topological polar surface area (TPSA) is 50.1 Å². The number of esters is 1. The lowest BCUT2D eigenvalue weighted by molar-refractivity contribution is 0.0525. The van der Waals surface area contributed by atoms with Gasteiger partial charge in [-0.3, -0.25) is 0 Å². The molecule has 16 heavy (non-hydrogen) atoms. The second-order valence-electron chi connectivity index (χ2n) is 2.99. The molecule has 0 radical (unpaired) electrons. The molecule has 5 heteroatoms. The van der Waals surface area contributed by atoms with Gasteiger partial charge in [0.05, 0.1) is 17.7 Å². The predicted molar refractivity (Wildman–Crippen MR) is 67.0 cm³/mol. The van der Waals surface area contributed by atoms with Gasteiger partial charge in [0.25, 0.3) is 0 Å². The van der Waals surface area contributed by atoms with Gasteiger partial charge in [-0.2, -0.15) is 5.26 Å². The van der Waals surface area contributed by atoms with Crippen LogP contribution in [-0.4, -0.2) is 12.6 Å². The van der Waals surface area contributed by atoms with Crippen LogP contribution in [0.3, 0.4) is 0 Å². The maximum Gasteiger partial charge on any atom is 0.338 e. The summed E-state index contributed by atoms with van der Waals surface area (Å²) in [6.07, 6.45) is 0. The number of carbonyl (C=O) groups excluding carboxylic acids is 1. The fraction of sp³-hybridized carbons (Fsp3) is 0.273. The summed E-state index contributed by atoms with van der Waals surface area (Å²) in [5.74, 6) is -0.392. The van der Waals surface area contributed by atoms with E-state index in [4.69, 9.17) is 10.00 Å². The van der Waals surface area contributed by atoms with Gasteiger partial charge in [-0.1, -0.05) is 15.9 Å². The molecule has 0 unspecified atom stereocenters. The molecule has 0 heterocycles. The Hall–Kier alpha value is -0.990. The monoisotopic (exact) mass is 299 g/mol.